The number of rotatable bonds is 3. The summed E-state index contributed by atoms with van der Waals surface area (Å²) in [4.78, 5) is 10.8. The molecule has 0 N–H and O–H groups in total. The molecule has 0 atom stereocenters. The van der Waals surface area contributed by atoms with Gasteiger partial charge in [0, 0.05) is 58.4 Å². The Labute approximate surface area is 330 Å². The molecule has 0 fully saturated rings. The van der Waals surface area contributed by atoms with E-state index in [1.165, 1.54) is 68.9 Å². The van der Waals surface area contributed by atoms with E-state index in [0.29, 0.717) is 5.95 Å². The van der Waals surface area contributed by atoms with Crippen LogP contribution in [0.2, 0.25) is 0 Å². The van der Waals surface area contributed by atoms with Gasteiger partial charge >= 0.3 is 0 Å². The first-order chi connectivity index (χ1) is 28.2. The summed E-state index contributed by atoms with van der Waals surface area (Å²) in [5.41, 5.74) is 8.57. The molecule has 0 saturated heterocycles. The molecule has 13 aromatic rings. The summed E-state index contributed by atoms with van der Waals surface area (Å²) in [5.74, 6) is 0.658. The predicted octanol–water partition coefficient (Wildman–Crippen LogP) is 14.2. The van der Waals surface area contributed by atoms with Crippen molar-refractivity contribution in [2.24, 2.45) is 0 Å². The Hall–Kier alpha value is -7.34. The van der Waals surface area contributed by atoms with Crippen LogP contribution in [0.1, 0.15) is 0 Å². The third-order valence-electron chi connectivity index (χ3n) is 11.9. The molecular weight excluding hydrogens is 713 g/mol. The van der Waals surface area contributed by atoms with E-state index in [2.05, 4.69) is 191 Å². The molecule has 0 unspecified atom stereocenters. The Kier molecular flexibility index (Phi) is 6.29. The molecule has 0 aliphatic heterocycles. The SMILES string of the molecule is c1ccc2cc3c(cc2c1)c1ccccc1n3-c1ccc2c(c1)c1c3ccccc3ccc1n2-c1nc(-c2ccc3sc4ccccc4c3c2)c2ccccc2n1. The lowest BCUT2D eigenvalue weighted by Crippen LogP contribution is -2.03. The molecular formula is C52H30N4S. The van der Waals surface area contributed by atoms with Gasteiger partial charge in [-0.25, -0.2) is 9.97 Å². The summed E-state index contributed by atoms with van der Waals surface area (Å²) >= 11 is 1.84. The van der Waals surface area contributed by atoms with Gasteiger partial charge < -0.3 is 4.57 Å². The molecule has 0 aliphatic carbocycles. The van der Waals surface area contributed by atoms with Crippen LogP contribution in [-0.2, 0) is 0 Å². The highest BCUT2D eigenvalue weighted by molar-refractivity contribution is 7.25. The molecule has 0 aliphatic rings. The fourth-order valence-electron chi connectivity index (χ4n) is 9.32. The molecule has 13 rings (SSSR count). The van der Waals surface area contributed by atoms with E-state index in [9.17, 15) is 0 Å². The van der Waals surface area contributed by atoms with Crippen molar-refractivity contribution in [2.45, 2.75) is 0 Å². The maximum Gasteiger partial charge on any atom is 0.235 e. The van der Waals surface area contributed by atoms with Crippen molar-refractivity contribution in [3.05, 3.63) is 182 Å². The van der Waals surface area contributed by atoms with Gasteiger partial charge in [-0.05, 0) is 88.3 Å². The molecule has 57 heavy (non-hydrogen) atoms. The highest BCUT2D eigenvalue weighted by atomic mass is 32.1. The molecule has 0 amide bonds. The van der Waals surface area contributed by atoms with Crippen LogP contribution in [0.3, 0.4) is 0 Å². The molecule has 5 heteroatoms. The lowest BCUT2D eigenvalue weighted by atomic mass is 10.0. The first kappa shape index (κ1) is 30.9. The minimum atomic E-state index is 0.658. The third kappa shape index (κ3) is 4.43. The average Bonchev–Trinajstić information content (AvgIpc) is 3.92. The van der Waals surface area contributed by atoms with Gasteiger partial charge in [-0.3, -0.25) is 4.57 Å². The first-order valence-electron chi connectivity index (χ1n) is 19.3. The van der Waals surface area contributed by atoms with E-state index in [1.54, 1.807) is 0 Å². The largest absolute Gasteiger partial charge is 0.309 e. The first-order valence-corrected chi connectivity index (χ1v) is 20.1. The summed E-state index contributed by atoms with van der Waals surface area (Å²) in [6, 6.07) is 66.0. The third-order valence-corrected chi connectivity index (χ3v) is 13.0. The zero-order valence-corrected chi connectivity index (χ0v) is 31.3. The van der Waals surface area contributed by atoms with Crippen molar-refractivity contribution in [2.75, 3.05) is 0 Å². The minimum absolute atomic E-state index is 0.658. The van der Waals surface area contributed by atoms with Gasteiger partial charge in [0.25, 0.3) is 0 Å². The second-order valence-electron chi connectivity index (χ2n) is 15.0. The van der Waals surface area contributed by atoms with Crippen LogP contribution in [0.5, 0.6) is 0 Å². The van der Waals surface area contributed by atoms with Crippen LogP contribution in [0.25, 0.3) is 119 Å². The molecule has 4 nitrogen and oxygen atoms in total. The van der Waals surface area contributed by atoms with E-state index in [4.69, 9.17) is 9.97 Å². The van der Waals surface area contributed by atoms with E-state index in [1.807, 2.05) is 11.3 Å². The molecule has 0 saturated carbocycles. The quantitative estimate of drug-likeness (QED) is 0.181. The number of aromatic nitrogens is 4. The maximum atomic E-state index is 5.50. The number of hydrogen-bond donors (Lipinski definition) is 0. The number of fused-ring (bicyclic) bond motifs is 13. The Morgan fingerprint density at radius 2 is 1.05 bits per heavy atom. The molecule has 0 spiro atoms. The molecule has 264 valence electrons. The number of benzene rings is 9. The van der Waals surface area contributed by atoms with Crippen LogP contribution < -0.4 is 0 Å². The standard InChI is InChI=1S/C52H30N4S/c1-2-13-33-29-47-40(27-32(33)12-1)37-15-6-9-19-44(37)55(47)35-23-25-45-42(30-35)50-36-14-4-3-11-31(36)21-24-46(50)56(45)52-53-43-18-8-5-17-39(43)51(54-52)34-22-26-49-41(28-34)38-16-7-10-20-48(38)57-49/h1-30H. The van der Waals surface area contributed by atoms with Crippen molar-refractivity contribution in [1.29, 1.82) is 0 Å². The van der Waals surface area contributed by atoms with Crippen LogP contribution in [0.4, 0.5) is 0 Å². The maximum absolute atomic E-state index is 5.50. The lowest BCUT2D eigenvalue weighted by Gasteiger charge is -2.12. The molecule has 9 aromatic carbocycles. The van der Waals surface area contributed by atoms with Gasteiger partial charge in [0.2, 0.25) is 5.95 Å². The highest BCUT2D eigenvalue weighted by Crippen LogP contribution is 2.42. The van der Waals surface area contributed by atoms with Crippen molar-refractivity contribution in [3.8, 4) is 22.9 Å². The number of para-hydroxylation sites is 2. The number of nitrogens with zero attached hydrogens (tertiary/aromatic N) is 4. The van der Waals surface area contributed by atoms with Crippen LogP contribution in [0.15, 0.2) is 182 Å². The lowest BCUT2D eigenvalue weighted by molar-refractivity contribution is 1.01. The summed E-state index contributed by atoms with van der Waals surface area (Å²) < 4.78 is 7.28. The summed E-state index contributed by atoms with van der Waals surface area (Å²) in [5, 5.41) is 13.3. The molecule has 0 bridgehead atoms. The second-order valence-corrected chi connectivity index (χ2v) is 16.1. The monoisotopic (exact) mass is 742 g/mol. The van der Waals surface area contributed by atoms with E-state index >= 15 is 0 Å². The van der Waals surface area contributed by atoms with Crippen LogP contribution >= 0.6 is 11.3 Å². The molecule has 4 aromatic heterocycles. The van der Waals surface area contributed by atoms with Gasteiger partial charge in [-0.2, -0.15) is 0 Å². The summed E-state index contributed by atoms with van der Waals surface area (Å²) in [6.07, 6.45) is 0. The zero-order chi connectivity index (χ0) is 37.2. The fourth-order valence-corrected chi connectivity index (χ4v) is 10.4. The molecule has 4 heterocycles. The normalized spacial score (nSPS) is 12.2. The summed E-state index contributed by atoms with van der Waals surface area (Å²) in [7, 11) is 0. The average molecular weight is 743 g/mol. The predicted molar refractivity (Wildman–Crippen MR) is 242 cm³/mol. The van der Waals surface area contributed by atoms with Crippen molar-refractivity contribution in [3.63, 3.8) is 0 Å². The van der Waals surface area contributed by atoms with E-state index < -0.39 is 0 Å². The number of hydrogen-bond acceptors (Lipinski definition) is 3. The van der Waals surface area contributed by atoms with Gasteiger partial charge in [-0.1, -0.05) is 115 Å². The Morgan fingerprint density at radius 3 is 1.95 bits per heavy atom. The second kappa shape index (κ2) is 11.6. The van der Waals surface area contributed by atoms with Crippen LogP contribution in [-0.4, -0.2) is 19.1 Å². The van der Waals surface area contributed by atoms with Crippen molar-refractivity contribution < 1.29 is 0 Å². The number of thiophene rings is 1. The van der Waals surface area contributed by atoms with E-state index in [-0.39, 0.29) is 0 Å². The fraction of sp³-hybridized carbons (Fsp3) is 0. The van der Waals surface area contributed by atoms with Gasteiger partial charge in [0.1, 0.15) is 0 Å². The zero-order valence-electron chi connectivity index (χ0n) is 30.5. The van der Waals surface area contributed by atoms with Crippen molar-refractivity contribution in [1.82, 2.24) is 19.1 Å². The Morgan fingerprint density at radius 1 is 0.368 bits per heavy atom. The van der Waals surface area contributed by atoms with Crippen molar-refractivity contribution >= 4 is 108 Å². The van der Waals surface area contributed by atoms with Gasteiger partial charge in [-0.15, -0.1) is 11.3 Å². The van der Waals surface area contributed by atoms with Gasteiger partial charge in [0.05, 0.1) is 33.3 Å². The highest BCUT2D eigenvalue weighted by Gasteiger charge is 2.21. The topological polar surface area (TPSA) is 35.6 Å². The minimum Gasteiger partial charge on any atom is -0.309 e. The van der Waals surface area contributed by atoms with Crippen LogP contribution in [0, 0.1) is 0 Å². The van der Waals surface area contributed by atoms with E-state index in [0.717, 1.165) is 44.3 Å². The smallest absolute Gasteiger partial charge is 0.235 e. The molecule has 0 radical (unpaired) electrons. The Bertz CT molecular complexity index is 3830. The summed E-state index contributed by atoms with van der Waals surface area (Å²) in [6.45, 7) is 0. The van der Waals surface area contributed by atoms with Gasteiger partial charge in [0.15, 0.2) is 0 Å². The Balaban J connectivity index is 1.11.